The van der Waals surface area contributed by atoms with Crippen LogP contribution in [0, 0.1) is 23.7 Å². The van der Waals surface area contributed by atoms with E-state index in [0.717, 1.165) is 38.5 Å². The first-order valence-corrected chi connectivity index (χ1v) is 8.06. The molecule has 2 saturated heterocycles. The molecular formula is C16H31ClN2O. The summed E-state index contributed by atoms with van der Waals surface area (Å²) in [6.45, 7) is 11.0. The van der Waals surface area contributed by atoms with Gasteiger partial charge in [-0.15, -0.1) is 12.4 Å². The summed E-state index contributed by atoms with van der Waals surface area (Å²) in [4.78, 5) is 14.5. The van der Waals surface area contributed by atoms with Crippen molar-refractivity contribution in [2.45, 2.75) is 46.5 Å². The molecule has 20 heavy (non-hydrogen) atoms. The Kier molecular flexibility index (Phi) is 7.32. The molecule has 0 aliphatic carbocycles. The second kappa shape index (κ2) is 8.23. The fourth-order valence-electron chi connectivity index (χ4n) is 3.43. The molecule has 2 aliphatic heterocycles. The van der Waals surface area contributed by atoms with Crippen LogP contribution in [0.5, 0.6) is 0 Å². The Bertz CT molecular complexity index is 305. The van der Waals surface area contributed by atoms with Gasteiger partial charge in [-0.25, -0.2) is 0 Å². The van der Waals surface area contributed by atoms with Crippen LogP contribution in [0.4, 0.5) is 0 Å². The van der Waals surface area contributed by atoms with Crippen LogP contribution in [0.3, 0.4) is 0 Å². The summed E-state index contributed by atoms with van der Waals surface area (Å²) in [5.41, 5.74) is 0. The number of rotatable bonds is 3. The molecule has 1 amide bonds. The summed E-state index contributed by atoms with van der Waals surface area (Å²) in [7, 11) is 0. The topological polar surface area (TPSA) is 32.3 Å². The van der Waals surface area contributed by atoms with Crippen molar-refractivity contribution < 1.29 is 4.79 Å². The fourth-order valence-corrected chi connectivity index (χ4v) is 3.43. The average Bonchev–Trinajstić information content (AvgIpc) is 2.42. The molecule has 1 N–H and O–H groups in total. The molecule has 0 aromatic carbocycles. The van der Waals surface area contributed by atoms with Gasteiger partial charge >= 0.3 is 0 Å². The van der Waals surface area contributed by atoms with Gasteiger partial charge in [0.1, 0.15) is 0 Å². The lowest BCUT2D eigenvalue weighted by Gasteiger charge is -2.36. The van der Waals surface area contributed by atoms with E-state index in [2.05, 4.69) is 31.0 Å². The maximum atomic E-state index is 12.4. The minimum atomic E-state index is 0. The van der Waals surface area contributed by atoms with Crippen molar-refractivity contribution in [3.05, 3.63) is 0 Å². The first-order chi connectivity index (χ1) is 9.08. The number of nitrogens with zero attached hydrogens (tertiary/aromatic N) is 1. The number of carbonyl (C=O) groups excluding carboxylic acids is 1. The van der Waals surface area contributed by atoms with Gasteiger partial charge in [-0.05, 0) is 56.0 Å². The van der Waals surface area contributed by atoms with E-state index in [1.807, 2.05) is 0 Å². The van der Waals surface area contributed by atoms with Crippen LogP contribution >= 0.6 is 12.4 Å². The van der Waals surface area contributed by atoms with Crippen LogP contribution in [0.1, 0.15) is 46.5 Å². The van der Waals surface area contributed by atoms with Crippen molar-refractivity contribution in [1.29, 1.82) is 0 Å². The highest BCUT2D eigenvalue weighted by molar-refractivity contribution is 5.85. The number of piperidine rings is 2. The van der Waals surface area contributed by atoms with E-state index >= 15 is 0 Å². The molecule has 0 spiro atoms. The van der Waals surface area contributed by atoms with Gasteiger partial charge in [0.15, 0.2) is 0 Å². The number of halogens is 1. The molecule has 3 nitrogen and oxygen atoms in total. The number of hydrogen-bond donors (Lipinski definition) is 1. The summed E-state index contributed by atoms with van der Waals surface area (Å²) in [6, 6.07) is 0. The molecule has 118 valence electrons. The number of amides is 1. The lowest BCUT2D eigenvalue weighted by molar-refractivity contribution is -0.134. The summed E-state index contributed by atoms with van der Waals surface area (Å²) in [5, 5.41) is 3.46. The first-order valence-electron chi connectivity index (χ1n) is 8.06. The number of likely N-dealkylation sites (tertiary alicyclic amines) is 1. The lowest BCUT2D eigenvalue weighted by Crippen LogP contribution is -2.43. The number of carbonyl (C=O) groups is 1. The third-order valence-corrected chi connectivity index (χ3v) is 5.32. The monoisotopic (exact) mass is 302 g/mol. The third-order valence-electron chi connectivity index (χ3n) is 5.32. The van der Waals surface area contributed by atoms with Gasteiger partial charge in [0, 0.05) is 19.5 Å². The van der Waals surface area contributed by atoms with Crippen LogP contribution in [0.15, 0.2) is 0 Å². The van der Waals surface area contributed by atoms with Gasteiger partial charge in [-0.2, -0.15) is 0 Å². The third kappa shape index (κ3) is 4.63. The smallest absolute Gasteiger partial charge is 0.222 e. The van der Waals surface area contributed by atoms with Crippen molar-refractivity contribution >= 4 is 18.3 Å². The Morgan fingerprint density at radius 3 is 2.65 bits per heavy atom. The molecule has 2 fully saturated rings. The van der Waals surface area contributed by atoms with Crippen molar-refractivity contribution in [3.8, 4) is 0 Å². The molecule has 0 radical (unpaired) electrons. The van der Waals surface area contributed by atoms with Crippen molar-refractivity contribution in [2.75, 3.05) is 26.2 Å². The van der Waals surface area contributed by atoms with Gasteiger partial charge in [0.05, 0.1) is 0 Å². The quantitative estimate of drug-likeness (QED) is 0.869. The Labute approximate surface area is 130 Å². The van der Waals surface area contributed by atoms with Gasteiger partial charge in [-0.1, -0.05) is 20.8 Å². The van der Waals surface area contributed by atoms with Crippen molar-refractivity contribution in [1.82, 2.24) is 10.2 Å². The van der Waals surface area contributed by atoms with Crippen LogP contribution in [0.25, 0.3) is 0 Å². The normalized spacial score (nSPS) is 32.4. The molecule has 0 aromatic rings. The van der Waals surface area contributed by atoms with E-state index in [1.165, 1.54) is 19.3 Å². The zero-order valence-electron chi connectivity index (χ0n) is 13.2. The Morgan fingerprint density at radius 2 is 2.05 bits per heavy atom. The van der Waals surface area contributed by atoms with Gasteiger partial charge in [0.25, 0.3) is 0 Å². The highest BCUT2D eigenvalue weighted by Crippen LogP contribution is 2.26. The SMILES string of the molecule is CC1CCN(C(=O)CC(C)C2CCCNC2)CC1C.Cl. The fraction of sp³-hybridized carbons (Fsp3) is 0.938. The molecule has 0 saturated carbocycles. The second-order valence-electron chi connectivity index (χ2n) is 6.87. The molecule has 2 heterocycles. The number of hydrogen-bond acceptors (Lipinski definition) is 2. The van der Waals surface area contributed by atoms with Gasteiger partial charge in [0.2, 0.25) is 5.91 Å². The molecular weight excluding hydrogens is 272 g/mol. The van der Waals surface area contributed by atoms with Crippen molar-refractivity contribution in [2.24, 2.45) is 23.7 Å². The Morgan fingerprint density at radius 1 is 1.30 bits per heavy atom. The maximum Gasteiger partial charge on any atom is 0.222 e. The van der Waals surface area contributed by atoms with Crippen LogP contribution in [-0.4, -0.2) is 37.0 Å². The summed E-state index contributed by atoms with van der Waals surface area (Å²) in [6.07, 6.45) is 4.47. The van der Waals surface area contributed by atoms with E-state index in [1.54, 1.807) is 0 Å². The second-order valence-corrected chi connectivity index (χ2v) is 6.87. The lowest BCUT2D eigenvalue weighted by atomic mass is 9.84. The van der Waals surface area contributed by atoms with Crippen molar-refractivity contribution in [3.63, 3.8) is 0 Å². The van der Waals surface area contributed by atoms with E-state index in [0.29, 0.717) is 23.7 Å². The predicted molar refractivity (Wildman–Crippen MR) is 86.1 cm³/mol. The Hall–Kier alpha value is -0.280. The first kappa shape index (κ1) is 17.8. The summed E-state index contributed by atoms with van der Waals surface area (Å²) in [5.74, 6) is 3.03. The van der Waals surface area contributed by atoms with E-state index in [4.69, 9.17) is 0 Å². The standard InChI is InChI=1S/C16H30N2O.ClH/c1-12-6-8-18(11-14(12)3)16(19)9-13(2)15-5-4-7-17-10-15;/h12-15,17H,4-11H2,1-3H3;1H. The highest BCUT2D eigenvalue weighted by Gasteiger charge is 2.28. The molecule has 4 heteroatoms. The van der Waals surface area contributed by atoms with Crippen LogP contribution in [0.2, 0.25) is 0 Å². The van der Waals surface area contributed by atoms with Crippen LogP contribution < -0.4 is 5.32 Å². The van der Waals surface area contributed by atoms with E-state index < -0.39 is 0 Å². The zero-order chi connectivity index (χ0) is 13.8. The minimum absolute atomic E-state index is 0. The maximum absolute atomic E-state index is 12.4. The summed E-state index contributed by atoms with van der Waals surface area (Å²) >= 11 is 0. The zero-order valence-corrected chi connectivity index (χ0v) is 14.0. The molecule has 2 aliphatic rings. The molecule has 0 bridgehead atoms. The Balaban J connectivity index is 0.00000200. The van der Waals surface area contributed by atoms with Gasteiger partial charge in [-0.3, -0.25) is 4.79 Å². The van der Waals surface area contributed by atoms with Crippen LogP contribution in [-0.2, 0) is 4.79 Å². The minimum Gasteiger partial charge on any atom is -0.342 e. The molecule has 2 rings (SSSR count). The average molecular weight is 303 g/mol. The van der Waals surface area contributed by atoms with Gasteiger partial charge < -0.3 is 10.2 Å². The molecule has 0 aromatic heterocycles. The number of nitrogens with one attached hydrogen (secondary N) is 1. The molecule has 4 atom stereocenters. The summed E-state index contributed by atoms with van der Waals surface area (Å²) < 4.78 is 0. The highest BCUT2D eigenvalue weighted by atomic mass is 35.5. The van der Waals surface area contributed by atoms with E-state index in [9.17, 15) is 4.79 Å². The largest absolute Gasteiger partial charge is 0.342 e. The predicted octanol–water partition coefficient (Wildman–Crippen LogP) is 2.94. The van der Waals surface area contributed by atoms with E-state index in [-0.39, 0.29) is 12.4 Å². The molecule has 4 unspecified atom stereocenters.